The molecule has 0 spiro atoms. The zero-order chi connectivity index (χ0) is 11.7. The smallest absolute Gasteiger partial charge is 0.149 e. The molecule has 2 rings (SSSR count). The Balaban J connectivity index is 2.62. The number of halogens is 1. The minimum Gasteiger partial charge on any atom is -0.389 e. The van der Waals surface area contributed by atoms with Gasteiger partial charge in [-0.1, -0.05) is 12.1 Å². The molecule has 0 unspecified atom stereocenters. The summed E-state index contributed by atoms with van der Waals surface area (Å²) in [7, 11) is 0. The third-order valence-corrected chi connectivity index (χ3v) is 2.41. The van der Waals surface area contributed by atoms with Crippen molar-refractivity contribution in [2.24, 2.45) is 0 Å². The lowest BCUT2D eigenvalue weighted by molar-refractivity contribution is 0.198. The average molecular weight is 220 g/mol. The zero-order valence-corrected chi connectivity index (χ0v) is 9.18. The van der Waals surface area contributed by atoms with Crippen molar-refractivity contribution >= 4 is 0 Å². The minimum atomic E-state index is -0.727. The van der Waals surface area contributed by atoms with Crippen LogP contribution in [-0.4, -0.2) is 14.9 Å². The molecule has 0 saturated heterocycles. The number of aryl methyl sites for hydroxylation is 1. The van der Waals surface area contributed by atoms with Crippen molar-refractivity contribution in [2.45, 2.75) is 20.0 Å². The lowest BCUT2D eigenvalue weighted by Crippen LogP contribution is -2.05. The third kappa shape index (κ3) is 1.84. The average Bonchev–Trinajstić information content (AvgIpc) is 2.64. The molecule has 0 saturated carbocycles. The molecule has 1 aromatic carbocycles. The maximum atomic E-state index is 13.7. The second kappa shape index (κ2) is 4.06. The van der Waals surface area contributed by atoms with E-state index in [-0.39, 0.29) is 5.82 Å². The Morgan fingerprint density at radius 2 is 2.19 bits per heavy atom. The standard InChI is InChI=1S/C12H13FN2O/c1-8-6-14-15(7-8)12-10(9(2)16)4-3-5-11(12)13/h3-7,9,16H,1-2H3/t9-/m1/s1. The van der Waals surface area contributed by atoms with Crippen molar-refractivity contribution < 1.29 is 9.50 Å². The van der Waals surface area contributed by atoms with Crippen LogP contribution in [0.2, 0.25) is 0 Å². The van der Waals surface area contributed by atoms with Crippen LogP contribution >= 0.6 is 0 Å². The third-order valence-electron chi connectivity index (χ3n) is 2.41. The fraction of sp³-hybridized carbons (Fsp3) is 0.250. The van der Waals surface area contributed by atoms with Gasteiger partial charge in [-0.15, -0.1) is 0 Å². The SMILES string of the molecule is Cc1cnn(-c2c(F)cccc2[C@@H](C)O)c1. The summed E-state index contributed by atoms with van der Waals surface area (Å²) in [4.78, 5) is 0. The molecule has 1 heterocycles. The summed E-state index contributed by atoms with van der Waals surface area (Å²) in [6.07, 6.45) is 2.65. The minimum absolute atomic E-state index is 0.311. The molecule has 0 bridgehead atoms. The molecule has 0 aliphatic heterocycles. The fourth-order valence-corrected chi connectivity index (χ4v) is 1.65. The number of rotatable bonds is 2. The molecule has 16 heavy (non-hydrogen) atoms. The molecule has 84 valence electrons. The largest absolute Gasteiger partial charge is 0.389 e. The maximum Gasteiger partial charge on any atom is 0.149 e. The van der Waals surface area contributed by atoms with Gasteiger partial charge in [-0.2, -0.15) is 5.10 Å². The zero-order valence-electron chi connectivity index (χ0n) is 9.18. The fourth-order valence-electron chi connectivity index (χ4n) is 1.65. The van der Waals surface area contributed by atoms with Gasteiger partial charge in [0.1, 0.15) is 11.5 Å². The molecule has 0 amide bonds. The molecule has 1 aromatic heterocycles. The Morgan fingerprint density at radius 3 is 2.75 bits per heavy atom. The van der Waals surface area contributed by atoms with Crippen molar-refractivity contribution in [1.82, 2.24) is 9.78 Å². The van der Waals surface area contributed by atoms with E-state index in [4.69, 9.17) is 0 Å². The molecule has 0 fully saturated rings. The lowest BCUT2D eigenvalue weighted by Gasteiger charge is -2.12. The van der Waals surface area contributed by atoms with Crippen LogP contribution in [-0.2, 0) is 0 Å². The maximum absolute atomic E-state index is 13.7. The van der Waals surface area contributed by atoms with Crippen molar-refractivity contribution in [1.29, 1.82) is 0 Å². The van der Waals surface area contributed by atoms with Crippen LogP contribution < -0.4 is 0 Å². The van der Waals surface area contributed by atoms with Crippen LogP contribution in [0.4, 0.5) is 4.39 Å². The van der Waals surface area contributed by atoms with Gasteiger partial charge in [0, 0.05) is 11.8 Å². The van der Waals surface area contributed by atoms with Crippen LogP contribution in [0.25, 0.3) is 5.69 Å². The number of nitrogens with zero attached hydrogens (tertiary/aromatic N) is 2. The van der Waals surface area contributed by atoms with Gasteiger partial charge in [0.15, 0.2) is 0 Å². The first kappa shape index (κ1) is 10.8. The number of aromatic nitrogens is 2. The van der Waals surface area contributed by atoms with Crippen molar-refractivity contribution in [2.75, 3.05) is 0 Å². The van der Waals surface area contributed by atoms with E-state index in [2.05, 4.69) is 5.10 Å². The highest BCUT2D eigenvalue weighted by molar-refractivity contribution is 5.43. The molecule has 2 aromatic rings. The molecule has 0 radical (unpaired) electrons. The van der Waals surface area contributed by atoms with Crippen LogP contribution in [0.1, 0.15) is 24.2 Å². The summed E-state index contributed by atoms with van der Waals surface area (Å²) in [5.74, 6) is -0.387. The van der Waals surface area contributed by atoms with E-state index in [1.807, 2.05) is 6.92 Å². The summed E-state index contributed by atoms with van der Waals surface area (Å²) in [5.41, 5.74) is 1.79. The summed E-state index contributed by atoms with van der Waals surface area (Å²) in [5, 5.41) is 13.6. The lowest BCUT2D eigenvalue weighted by atomic mass is 10.1. The second-order valence-corrected chi connectivity index (χ2v) is 3.82. The highest BCUT2D eigenvalue weighted by Crippen LogP contribution is 2.23. The summed E-state index contributed by atoms with van der Waals surface area (Å²) >= 11 is 0. The Hall–Kier alpha value is -1.68. The van der Waals surface area contributed by atoms with E-state index in [9.17, 15) is 9.50 Å². The highest BCUT2D eigenvalue weighted by Gasteiger charge is 2.14. The molecular weight excluding hydrogens is 207 g/mol. The number of aliphatic hydroxyl groups is 1. The Labute approximate surface area is 93.2 Å². The number of benzene rings is 1. The molecule has 0 aliphatic carbocycles. The van der Waals surface area contributed by atoms with Gasteiger partial charge in [-0.3, -0.25) is 0 Å². The van der Waals surface area contributed by atoms with Gasteiger partial charge >= 0.3 is 0 Å². The predicted octanol–water partition coefficient (Wildman–Crippen LogP) is 2.37. The Morgan fingerprint density at radius 1 is 1.44 bits per heavy atom. The van der Waals surface area contributed by atoms with Crippen molar-refractivity contribution in [3.8, 4) is 5.69 Å². The second-order valence-electron chi connectivity index (χ2n) is 3.82. The van der Waals surface area contributed by atoms with E-state index < -0.39 is 6.10 Å². The van der Waals surface area contributed by atoms with Gasteiger partial charge in [0.25, 0.3) is 0 Å². The van der Waals surface area contributed by atoms with E-state index >= 15 is 0 Å². The van der Waals surface area contributed by atoms with E-state index in [1.54, 1.807) is 31.5 Å². The van der Waals surface area contributed by atoms with Gasteiger partial charge in [-0.05, 0) is 25.5 Å². The Bertz CT molecular complexity index is 505. The van der Waals surface area contributed by atoms with Crippen LogP contribution in [0.3, 0.4) is 0 Å². The molecule has 1 atom stereocenters. The molecule has 3 nitrogen and oxygen atoms in total. The summed E-state index contributed by atoms with van der Waals surface area (Å²) in [6, 6.07) is 4.63. The van der Waals surface area contributed by atoms with Gasteiger partial charge < -0.3 is 5.11 Å². The normalized spacial score (nSPS) is 12.8. The monoisotopic (exact) mass is 220 g/mol. The van der Waals surface area contributed by atoms with Crippen molar-refractivity contribution in [3.63, 3.8) is 0 Å². The number of aliphatic hydroxyl groups excluding tert-OH is 1. The first-order valence-electron chi connectivity index (χ1n) is 5.07. The van der Waals surface area contributed by atoms with Gasteiger partial charge in [-0.25, -0.2) is 9.07 Å². The van der Waals surface area contributed by atoms with Crippen LogP contribution in [0, 0.1) is 12.7 Å². The number of hydrogen-bond acceptors (Lipinski definition) is 2. The van der Waals surface area contributed by atoms with E-state index in [0.717, 1.165) is 5.56 Å². The first-order valence-corrected chi connectivity index (χ1v) is 5.07. The van der Waals surface area contributed by atoms with Gasteiger partial charge in [0.2, 0.25) is 0 Å². The Kier molecular flexibility index (Phi) is 2.75. The summed E-state index contributed by atoms with van der Waals surface area (Å²) in [6.45, 7) is 3.49. The van der Waals surface area contributed by atoms with Gasteiger partial charge in [0.05, 0.1) is 12.3 Å². The molecule has 0 aliphatic rings. The quantitative estimate of drug-likeness (QED) is 0.843. The highest BCUT2D eigenvalue weighted by atomic mass is 19.1. The van der Waals surface area contributed by atoms with E-state index in [0.29, 0.717) is 11.3 Å². The number of para-hydroxylation sites is 1. The molecule has 4 heteroatoms. The van der Waals surface area contributed by atoms with Crippen LogP contribution in [0.15, 0.2) is 30.6 Å². The first-order chi connectivity index (χ1) is 7.59. The van der Waals surface area contributed by atoms with Crippen LogP contribution in [0.5, 0.6) is 0 Å². The predicted molar refractivity (Wildman–Crippen MR) is 58.9 cm³/mol. The number of hydrogen-bond donors (Lipinski definition) is 1. The topological polar surface area (TPSA) is 38.0 Å². The summed E-state index contributed by atoms with van der Waals surface area (Å²) < 4.78 is 15.2. The molecular formula is C12H13FN2O. The van der Waals surface area contributed by atoms with E-state index in [1.165, 1.54) is 10.7 Å². The van der Waals surface area contributed by atoms with Crippen molar-refractivity contribution in [3.05, 3.63) is 47.5 Å². The molecule has 1 N–H and O–H groups in total.